The van der Waals surface area contributed by atoms with Gasteiger partial charge in [-0.1, -0.05) is 32.6 Å². The topological polar surface area (TPSA) is 78.4 Å². The molecule has 2 saturated carbocycles. The molecule has 0 bridgehead atoms. The molecular weight excluding hydrogens is 256 g/mol. The lowest BCUT2D eigenvalue weighted by molar-refractivity contribution is -0.144. The standard InChI is InChI=1S/C15H26N2O3/c1-11-4-6-12(7-5-11)10-16-14(20)17-15(13(18)19)8-2-3-9-15/h11-12H,2-10H2,1H3,(H,18,19)(H2,16,17,20). The van der Waals surface area contributed by atoms with Crippen LogP contribution in [0.25, 0.3) is 0 Å². The van der Waals surface area contributed by atoms with E-state index in [1.165, 1.54) is 12.8 Å². The molecule has 20 heavy (non-hydrogen) atoms. The number of carboxylic acid groups (broad SMARTS) is 1. The highest BCUT2D eigenvalue weighted by Crippen LogP contribution is 2.30. The maximum Gasteiger partial charge on any atom is 0.329 e. The van der Waals surface area contributed by atoms with Gasteiger partial charge in [-0.2, -0.15) is 0 Å². The second-order valence-corrected chi connectivity index (χ2v) is 6.56. The maximum absolute atomic E-state index is 11.9. The van der Waals surface area contributed by atoms with Crippen molar-refractivity contribution in [1.82, 2.24) is 10.6 Å². The Morgan fingerprint density at radius 1 is 1.15 bits per heavy atom. The highest BCUT2D eigenvalue weighted by Gasteiger charge is 2.42. The molecule has 0 aromatic rings. The van der Waals surface area contributed by atoms with Crippen LogP contribution in [0.5, 0.6) is 0 Å². The minimum Gasteiger partial charge on any atom is -0.480 e. The summed E-state index contributed by atoms with van der Waals surface area (Å²) in [7, 11) is 0. The monoisotopic (exact) mass is 282 g/mol. The van der Waals surface area contributed by atoms with Crippen LogP contribution in [-0.4, -0.2) is 29.2 Å². The molecule has 114 valence electrons. The van der Waals surface area contributed by atoms with Gasteiger partial charge in [-0.15, -0.1) is 0 Å². The van der Waals surface area contributed by atoms with Crippen molar-refractivity contribution in [3.05, 3.63) is 0 Å². The number of hydrogen-bond acceptors (Lipinski definition) is 2. The Hall–Kier alpha value is -1.26. The molecule has 0 aromatic carbocycles. The third kappa shape index (κ3) is 3.64. The minimum absolute atomic E-state index is 0.326. The third-order valence-electron chi connectivity index (χ3n) is 4.91. The van der Waals surface area contributed by atoms with Crippen molar-refractivity contribution in [3.8, 4) is 0 Å². The molecule has 2 aliphatic carbocycles. The van der Waals surface area contributed by atoms with Crippen LogP contribution in [0, 0.1) is 11.8 Å². The molecule has 0 aliphatic heterocycles. The van der Waals surface area contributed by atoms with Crippen LogP contribution in [0.4, 0.5) is 4.79 Å². The third-order valence-corrected chi connectivity index (χ3v) is 4.91. The highest BCUT2D eigenvalue weighted by atomic mass is 16.4. The predicted molar refractivity (Wildman–Crippen MR) is 76.5 cm³/mol. The van der Waals surface area contributed by atoms with Gasteiger partial charge in [0.15, 0.2) is 0 Å². The molecule has 0 spiro atoms. The van der Waals surface area contributed by atoms with E-state index in [0.717, 1.165) is 31.6 Å². The van der Waals surface area contributed by atoms with E-state index in [1.54, 1.807) is 0 Å². The first kappa shape index (κ1) is 15.1. The fourth-order valence-corrected chi connectivity index (χ4v) is 3.40. The molecule has 2 aliphatic rings. The van der Waals surface area contributed by atoms with Gasteiger partial charge in [0, 0.05) is 6.54 Å². The van der Waals surface area contributed by atoms with Crippen molar-refractivity contribution < 1.29 is 14.7 Å². The molecule has 0 atom stereocenters. The van der Waals surface area contributed by atoms with E-state index in [0.29, 0.717) is 25.3 Å². The quantitative estimate of drug-likeness (QED) is 0.741. The van der Waals surface area contributed by atoms with Gasteiger partial charge in [-0.3, -0.25) is 0 Å². The van der Waals surface area contributed by atoms with Crippen LogP contribution in [-0.2, 0) is 4.79 Å². The normalized spacial score (nSPS) is 28.9. The van der Waals surface area contributed by atoms with Gasteiger partial charge in [0.1, 0.15) is 5.54 Å². The summed E-state index contributed by atoms with van der Waals surface area (Å²) >= 11 is 0. The number of rotatable bonds is 4. The van der Waals surface area contributed by atoms with Gasteiger partial charge in [0.05, 0.1) is 0 Å². The first-order valence-corrected chi connectivity index (χ1v) is 7.81. The summed E-state index contributed by atoms with van der Waals surface area (Å²) in [5.74, 6) is 0.437. The number of carbonyl (C=O) groups excluding carboxylic acids is 1. The zero-order valence-electron chi connectivity index (χ0n) is 12.3. The zero-order chi connectivity index (χ0) is 14.6. The molecule has 0 heterocycles. The second-order valence-electron chi connectivity index (χ2n) is 6.56. The molecule has 0 saturated heterocycles. The van der Waals surface area contributed by atoms with E-state index in [1.807, 2.05) is 0 Å². The number of nitrogens with one attached hydrogen (secondary N) is 2. The van der Waals surface area contributed by atoms with Crippen LogP contribution in [0.2, 0.25) is 0 Å². The van der Waals surface area contributed by atoms with Crippen LogP contribution < -0.4 is 10.6 Å². The molecular formula is C15H26N2O3. The van der Waals surface area contributed by atoms with Crippen LogP contribution in [0.3, 0.4) is 0 Å². The Morgan fingerprint density at radius 3 is 2.30 bits per heavy atom. The second kappa shape index (κ2) is 6.46. The summed E-state index contributed by atoms with van der Waals surface area (Å²) in [5.41, 5.74) is -1.04. The Balaban J connectivity index is 1.76. The molecule has 5 heteroatoms. The van der Waals surface area contributed by atoms with Gasteiger partial charge in [0.25, 0.3) is 0 Å². The van der Waals surface area contributed by atoms with E-state index < -0.39 is 11.5 Å². The van der Waals surface area contributed by atoms with Crippen molar-refractivity contribution in [2.45, 2.75) is 63.8 Å². The highest BCUT2D eigenvalue weighted by molar-refractivity contribution is 5.86. The number of aliphatic carboxylic acids is 1. The molecule has 2 amide bonds. The predicted octanol–water partition coefficient (Wildman–Crippen LogP) is 2.51. The van der Waals surface area contributed by atoms with Gasteiger partial charge in [-0.25, -0.2) is 9.59 Å². The summed E-state index contributed by atoms with van der Waals surface area (Å²) in [6, 6.07) is -0.326. The summed E-state index contributed by atoms with van der Waals surface area (Å²) in [6.45, 7) is 2.93. The van der Waals surface area contributed by atoms with E-state index in [4.69, 9.17) is 0 Å². The van der Waals surface area contributed by atoms with E-state index in [2.05, 4.69) is 17.6 Å². The lowest BCUT2D eigenvalue weighted by Gasteiger charge is -2.28. The summed E-state index contributed by atoms with van der Waals surface area (Å²) < 4.78 is 0. The minimum atomic E-state index is -1.04. The smallest absolute Gasteiger partial charge is 0.329 e. The van der Waals surface area contributed by atoms with Gasteiger partial charge in [-0.05, 0) is 37.5 Å². The van der Waals surface area contributed by atoms with Gasteiger partial charge < -0.3 is 15.7 Å². The molecule has 5 nitrogen and oxygen atoms in total. The molecule has 2 rings (SSSR count). The Labute approximate surface area is 120 Å². The average Bonchev–Trinajstić information content (AvgIpc) is 2.88. The van der Waals surface area contributed by atoms with Crippen molar-refractivity contribution in [1.29, 1.82) is 0 Å². The Kier molecular flexibility index (Phi) is 4.89. The van der Waals surface area contributed by atoms with Crippen LogP contribution in [0.15, 0.2) is 0 Å². The van der Waals surface area contributed by atoms with Gasteiger partial charge >= 0.3 is 12.0 Å². The summed E-state index contributed by atoms with van der Waals surface area (Å²) in [4.78, 5) is 23.3. The lowest BCUT2D eigenvalue weighted by Crippen LogP contribution is -2.56. The largest absolute Gasteiger partial charge is 0.480 e. The number of hydrogen-bond donors (Lipinski definition) is 3. The fourth-order valence-electron chi connectivity index (χ4n) is 3.40. The van der Waals surface area contributed by atoms with Crippen LogP contribution in [0.1, 0.15) is 58.3 Å². The number of carbonyl (C=O) groups is 2. The maximum atomic E-state index is 11.9. The number of urea groups is 1. The van der Waals surface area contributed by atoms with E-state index in [9.17, 15) is 14.7 Å². The average molecular weight is 282 g/mol. The first-order chi connectivity index (χ1) is 9.52. The summed E-state index contributed by atoms with van der Waals surface area (Å²) in [6.07, 6.45) is 7.59. The SMILES string of the molecule is CC1CCC(CNC(=O)NC2(C(=O)O)CCCC2)CC1. The van der Waals surface area contributed by atoms with Crippen molar-refractivity contribution in [2.75, 3.05) is 6.54 Å². The first-order valence-electron chi connectivity index (χ1n) is 7.81. The summed E-state index contributed by atoms with van der Waals surface area (Å²) in [5, 5.41) is 14.9. The van der Waals surface area contributed by atoms with Crippen molar-refractivity contribution in [3.63, 3.8) is 0 Å². The molecule has 0 unspecified atom stereocenters. The Bertz CT molecular complexity index is 356. The van der Waals surface area contributed by atoms with Crippen molar-refractivity contribution >= 4 is 12.0 Å². The zero-order valence-corrected chi connectivity index (χ0v) is 12.3. The Morgan fingerprint density at radius 2 is 1.75 bits per heavy atom. The van der Waals surface area contributed by atoms with Crippen molar-refractivity contribution in [2.24, 2.45) is 11.8 Å². The molecule has 3 N–H and O–H groups in total. The molecule has 0 radical (unpaired) electrons. The van der Waals surface area contributed by atoms with E-state index in [-0.39, 0.29) is 6.03 Å². The number of carboxylic acids is 1. The molecule has 2 fully saturated rings. The van der Waals surface area contributed by atoms with Crippen LogP contribution >= 0.6 is 0 Å². The lowest BCUT2D eigenvalue weighted by atomic mass is 9.83. The molecule has 0 aromatic heterocycles. The van der Waals surface area contributed by atoms with Gasteiger partial charge in [0.2, 0.25) is 0 Å². The number of amides is 2. The fraction of sp³-hybridized carbons (Fsp3) is 0.867. The van der Waals surface area contributed by atoms with E-state index >= 15 is 0 Å².